The van der Waals surface area contributed by atoms with Crippen molar-refractivity contribution in [1.29, 1.82) is 0 Å². The van der Waals surface area contributed by atoms with E-state index >= 15 is 0 Å². The minimum absolute atomic E-state index is 0.0645. The quantitative estimate of drug-likeness (QED) is 0.779. The Kier molecular flexibility index (Phi) is 5.03. The standard InChI is InChI=1S/C17H20F6N2/c18-16(19,20)12-7-11(8-13(9-12)17(21,22)23)10-25-6-2-1-3-14-15(25)4-5-24-14/h7-9,14-15,24H,1-6,10H2. The molecule has 2 unspecified atom stereocenters. The van der Waals surface area contributed by atoms with Crippen LogP contribution in [0.1, 0.15) is 42.4 Å². The van der Waals surface area contributed by atoms with E-state index in [1.165, 1.54) is 0 Å². The first-order valence-electron chi connectivity index (χ1n) is 8.40. The summed E-state index contributed by atoms with van der Waals surface area (Å²) in [5.74, 6) is 0. The van der Waals surface area contributed by atoms with Crippen molar-refractivity contribution >= 4 is 0 Å². The maximum Gasteiger partial charge on any atom is 0.416 e. The van der Waals surface area contributed by atoms with Crippen LogP contribution in [0.5, 0.6) is 0 Å². The average molecular weight is 366 g/mol. The fraction of sp³-hybridized carbons (Fsp3) is 0.647. The van der Waals surface area contributed by atoms with Crippen LogP contribution in [0.15, 0.2) is 18.2 Å². The number of alkyl halides is 6. The van der Waals surface area contributed by atoms with Gasteiger partial charge in [0.1, 0.15) is 0 Å². The van der Waals surface area contributed by atoms with Crippen molar-refractivity contribution in [1.82, 2.24) is 10.2 Å². The zero-order valence-electron chi connectivity index (χ0n) is 13.6. The molecule has 0 radical (unpaired) electrons. The molecule has 1 aromatic rings. The number of hydrogen-bond acceptors (Lipinski definition) is 2. The summed E-state index contributed by atoms with van der Waals surface area (Å²) in [5.41, 5.74) is -2.42. The highest BCUT2D eigenvalue weighted by Crippen LogP contribution is 2.37. The Bertz CT molecular complexity index is 578. The second-order valence-electron chi connectivity index (χ2n) is 6.80. The van der Waals surface area contributed by atoms with Gasteiger partial charge in [-0.2, -0.15) is 26.3 Å². The van der Waals surface area contributed by atoms with Crippen molar-refractivity contribution in [3.05, 3.63) is 34.9 Å². The maximum absolute atomic E-state index is 13.0. The van der Waals surface area contributed by atoms with Gasteiger partial charge in [0.15, 0.2) is 0 Å². The smallest absolute Gasteiger partial charge is 0.312 e. The molecule has 140 valence electrons. The average Bonchev–Trinajstić information content (AvgIpc) is 2.89. The van der Waals surface area contributed by atoms with E-state index in [0.717, 1.165) is 44.4 Å². The van der Waals surface area contributed by atoms with E-state index in [1.807, 2.05) is 4.90 Å². The molecular formula is C17H20F6N2. The van der Waals surface area contributed by atoms with Crippen LogP contribution in [-0.4, -0.2) is 30.1 Å². The molecule has 1 N–H and O–H groups in total. The van der Waals surface area contributed by atoms with Gasteiger partial charge in [-0.25, -0.2) is 0 Å². The van der Waals surface area contributed by atoms with Gasteiger partial charge in [-0.05, 0) is 56.1 Å². The number of halogens is 6. The molecule has 1 aromatic carbocycles. The lowest BCUT2D eigenvalue weighted by molar-refractivity contribution is -0.143. The Labute approximate surface area is 142 Å². The molecule has 0 amide bonds. The topological polar surface area (TPSA) is 15.3 Å². The lowest BCUT2D eigenvalue weighted by Crippen LogP contribution is -2.42. The third kappa shape index (κ3) is 4.28. The van der Waals surface area contributed by atoms with Crippen LogP contribution < -0.4 is 5.32 Å². The molecule has 2 aliphatic heterocycles. The van der Waals surface area contributed by atoms with Gasteiger partial charge in [-0.3, -0.25) is 4.90 Å². The molecule has 2 atom stereocenters. The molecule has 3 rings (SSSR count). The number of benzene rings is 1. The zero-order valence-corrected chi connectivity index (χ0v) is 13.6. The van der Waals surface area contributed by atoms with Gasteiger partial charge in [0.2, 0.25) is 0 Å². The highest BCUT2D eigenvalue weighted by atomic mass is 19.4. The molecule has 0 bridgehead atoms. The predicted octanol–water partition coefficient (Wildman–Crippen LogP) is 4.44. The third-order valence-corrected chi connectivity index (χ3v) is 5.02. The molecule has 0 aromatic heterocycles. The first kappa shape index (κ1) is 18.5. The molecule has 2 heterocycles. The van der Waals surface area contributed by atoms with Gasteiger partial charge < -0.3 is 5.32 Å². The fourth-order valence-electron chi connectivity index (χ4n) is 3.87. The number of nitrogens with zero attached hydrogens (tertiary/aromatic N) is 1. The first-order chi connectivity index (χ1) is 11.6. The van der Waals surface area contributed by atoms with Crippen molar-refractivity contribution in [2.24, 2.45) is 0 Å². The molecule has 2 fully saturated rings. The predicted molar refractivity (Wildman–Crippen MR) is 80.9 cm³/mol. The van der Waals surface area contributed by atoms with Gasteiger partial charge >= 0.3 is 12.4 Å². The highest BCUT2D eigenvalue weighted by Gasteiger charge is 2.38. The summed E-state index contributed by atoms with van der Waals surface area (Å²) in [6, 6.07) is 2.32. The van der Waals surface area contributed by atoms with Crippen LogP contribution in [0.3, 0.4) is 0 Å². The van der Waals surface area contributed by atoms with Crippen molar-refractivity contribution in [2.75, 3.05) is 13.1 Å². The minimum Gasteiger partial charge on any atom is -0.312 e. The molecule has 2 nitrogen and oxygen atoms in total. The van der Waals surface area contributed by atoms with E-state index in [4.69, 9.17) is 0 Å². The molecular weight excluding hydrogens is 346 g/mol. The summed E-state index contributed by atoms with van der Waals surface area (Å²) < 4.78 is 78.0. The van der Waals surface area contributed by atoms with Gasteiger partial charge in [-0.1, -0.05) is 6.42 Å². The van der Waals surface area contributed by atoms with Crippen molar-refractivity contribution in [3.8, 4) is 0 Å². The van der Waals surface area contributed by atoms with Crippen molar-refractivity contribution in [2.45, 2.75) is 56.7 Å². The maximum atomic E-state index is 13.0. The SMILES string of the molecule is FC(F)(F)c1cc(CN2CCCCC3NCCC32)cc(C(F)(F)F)c1. The lowest BCUT2D eigenvalue weighted by atomic mass is 10.0. The van der Waals surface area contributed by atoms with Gasteiger partial charge in [-0.15, -0.1) is 0 Å². The van der Waals surface area contributed by atoms with Crippen molar-refractivity contribution < 1.29 is 26.3 Å². The highest BCUT2D eigenvalue weighted by molar-refractivity contribution is 5.33. The summed E-state index contributed by atoms with van der Waals surface area (Å²) in [6.07, 6.45) is -5.81. The van der Waals surface area contributed by atoms with Gasteiger partial charge in [0, 0.05) is 18.6 Å². The number of hydrogen-bond donors (Lipinski definition) is 1. The number of rotatable bonds is 2. The second kappa shape index (κ2) is 6.79. The Morgan fingerprint density at radius 3 is 2.16 bits per heavy atom. The molecule has 8 heteroatoms. The molecule has 0 aliphatic carbocycles. The van der Waals surface area contributed by atoms with E-state index < -0.39 is 23.5 Å². The van der Waals surface area contributed by atoms with E-state index in [-0.39, 0.29) is 30.3 Å². The molecule has 2 saturated heterocycles. The van der Waals surface area contributed by atoms with E-state index in [2.05, 4.69) is 5.32 Å². The zero-order chi connectivity index (χ0) is 18.2. The number of nitrogens with one attached hydrogen (secondary N) is 1. The normalized spacial score (nSPS) is 25.7. The van der Waals surface area contributed by atoms with E-state index in [9.17, 15) is 26.3 Å². The van der Waals surface area contributed by atoms with Crippen LogP contribution in [0.25, 0.3) is 0 Å². The Hall–Kier alpha value is -1.28. The van der Waals surface area contributed by atoms with Crippen molar-refractivity contribution in [3.63, 3.8) is 0 Å². The molecule has 0 spiro atoms. The Morgan fingerprint density at radius 1 is 0.920 bits per heavy atom. The van der Waals surface area contributed by atoms with Gasteiger partial charge in [0.05, 0.1) is 11.1 Å². The van der Waals surface area contributed by atoms with Crippen LogP contribution in [0.4, 0.5) is 26.3 Å². The number of fused-ring (bicyclic) bond motifs is 1. The monoisotopic (exact) mass is 366 g/mol. The molecule has 0 saturated carbocycles. The fourth-order valence-corrected chi connectivity index (χ4v) is 3.87. The lowest BCUT2D eigenvalue weighted by Gasteiger charge is -2.30. The van der Waals surface area contributed by atoms with Crippen LogP contribution in [0, 0.1) is 0 Å². The summed E-state index contributed by atoms with van der Waals surface area (Å²) >= 11 is 0. The van der Waals surface area contributed by atoms with Crippen LogP contribution >= 0.6 is 0 Å². The summed E-state index contributed by atoms with van der Waals surface area (Å²) in [7, 11) is 0. The largest absolute Gasteiger partial charge is 0.416 e. The summed E-state index contributed by atoms with van der Waals surface area (Å²) in [4.78, 5) is 2.04. The van der Waals surface area contributed by atoms with E-state index in [1.54, 1.807) is 0 Å². The first-order valence-corrected chi connectivity index (χ1v) is 8.40. The Balaban J connectivity index is 1.90. The summed E-state index contributed by atoms with van der Waals surface area (Å²) in [6.45, 7) is 1.64. The third-order valence-electron chi connectivity index (χ3n) is 5.02. The van der Waals surface area contributed by atoms with E-state index in [0.29, 0.717) is 6.54 Å². The van der Waals surface area contributed by atoms with Crippen LogP contribution in [0.2, 0.25) is 0 Å². The second-order valence-corrected chi connectivity index (χ2v) is 6.80. The van der Waals surface area contributed by atoms with Crippen LogP contribution in [-0.2, 0) is 18.9 Å². The number of likely N-dealkylation sites (tertiary alicyclic amines) is 1. The molecule has 2 aliphatic rings. The van der Waals surface area contributed by atoms with Gasteiger partial charge in [0.25, 0.3) is 0 Å². The molecule has 25 heavy (non-hydrogen) atoms. The summed E-state index contributed by atoms with van der Waals surface area (Å²) in [5, 5.41) is 3.38. The minimum atomic E-state index is -4.80. The Morgan fingerprint density at radius 2 is 1.56 bits per heavy atom.